The maximum Gasteiger partial charge on any atom is 0.350 e. The highest BCUT2D eigenvalue weighted by atomic mass is 32.1. The van der Waals surface area contributed by atoms with E-state index in [0.29, 0.717) is 10.6 Å². The van der Waals surface area contributed by atoms with Gasteiger partial charge in [0.2, 0.25) is 0 Å². The van der Waals surface area contributed by atoms with Gasteiger partial charge in [-0.25, -0.2) is 9.78 Å². The lowest BCUT2D eigenvalue weighted by atomic mass is 10.2. The molecule has 9 heteroatoms. The van der Waals surface area contributed by atoms with E-state index in [-0.39, 0.29) is 23.0 Å². The summed E-state index contributed by atoms with van der Waals surface area (Å²) < 4.78 is 4.90. The molecule has 2 rings (SSSR count). The summed E-state index contributed by atoms with van der Waals surface area (Å²) in [5.41, 5.74) is 0.616. The maximum atomic E-state index is 12.1. The van der Waals surface area contributed by atoms with E-state index in [1.807, 2.05) is 0 Å². The number of nitrogens with zero attached hydrogens (tertiary/aromatic N) is 2. The first kappa shape index (κ1) is 16.6. The summed E-state index contributed by atoms with van der Waals surface area (Å²) in [6.45, 7) is 3.59. The van der Waals surface area contributed by atoms with Gasteiger partial charge in [0.25, 0.3) is 11.6 Å². The van der Waals surface area contributed by atoms with E-state index < -0.39 is 16.8 Å². The largest absolute Gasteiger partial charge is 0.462 e. The summed E-state index contributed by atoms with van der Waals surface area (Å²) in [7, 11) is 0. The van der Waals surface area contributed by atoms with Crippen molar-refractivity contribution in [3.8, 4) is 0 Å². The number of aromatic nitrogens is 1. The zero-order valence-corrected chi connectivity index (χ0v) is 13.2. The number of thiazole rings is 1. The van der Waals surface area contributed by atoms with E-state index >= 15 is 0 Å². The van der Waals surface area contributed by atoms with E-state index in [1.165, 1.54) is 24.3 Å². The quantitative estimate of drug-likeness (QED) is 0.511. The molecule has 0 fully saturated rings. The van der Waals surface area contributed by atoms with Gasteiger partial charge in [-0.1, -0.05) is 11.3 Å². The smallest absolute Gasteiger partial charge is 0.350 e. The van der Waals surface area contributed by atoms with Gasteiger partial charge in [0, 0.05) is 17.7 Å². The lowest BCUT2D eigenvalue weighted by molar-refractivity contribution is -0.384. The third-order valence-electron chi connectivity index (χ3n) is 2.82. The lowest BCUT2D eigenvalue weighted by Gasteiger charge is -2.01. The SMILES string of the molecule is CCOC(=O)c1sc(NC(=O)c2ccc([N+](=O)[O-])cc2)nc1C. The first-order valence-electron chi connectivity index (χ1n) is 6.62. The fourth-order valence-electron chi connectivity index (χ4n) is 1.74. The summed E-state index contributed by atoms with van der Waals surface area (Å²) >= 11 is 1.01. The number of nitro benzene ring substituents is 1. The van der Waals surface area contributed by atoms with Crippen LogP contribution in [0.15, 0.2) is 24.3 Å². The number of nitrogens with one attached hydrogen (secondary N) is 1. The molecule has 0 aliphatic carbocycles. The van der Waals surface area contributed by atoms with Crippen molar-refractivity contribution in [3.63, 3.8) is 0 Å². The molecule has 8 nitrogen and oxygen atoms in total. The Morgan fingerprint density at radius 1 is 1.35 bits per heavy atom. The Hall–Kier alpha value is -2.81. The number of carbonyl (C=O) groups is 2. The number of aryl methyl sites for hydroxylation is 1. The third kappa shape index (κ3) is 3.89. The summed E-state index contributed by atoms with van der Waals surface area (Å²) in [6, 6.07) is 5.18. The molecule has 0 atom stereocenters. The van der Waals surface area contributed by atoms with Gasteiger partial charge in [0.1, 0.15) is 4.88 Å². The van der Waals surface area contributed by atoms with Crippen molar-refractivity contribution in [1.82, 2.24) is 4.98 Å². The molecule has 0 aliphatic rings. The molecule has 0 bridgehead atoms. The minimum Gasteiger partial charge on any atom is -0.462 e. The molecular formula is C14H13N3O5S. The molecule has 1 aromatic carbocycles. The average molecular weight is 335 g/mol. The second-order valence-corrected chi connectivity index (χ2v) is 5.41. The van der Waals surface area contributed by atoms with Crippen LogP contribution in [0.25, 0.3) is 0 Å². The van der Waals surface area contributed by atoms with Crippen LogP contribution in [0.5, 0.6) is 0 Å². The number of benzene rings is 1. The zero-order chi connectivity index (χ0) is 17.0. The Labute approximate surface area is 135 Å². The number of amides is 1. The third-order valence-corrected chi connectivity index (χ3v) is 3.87. The fraction of sp³-hybridized carbons (Fsp3) is 0.214. The molecule has 120 valence electrons. The van der Waals surface area contributed by atoms with Gasteiger partial charge in [-0.15, -0.1) is 0 Å². The average Bonchev–Trinajstić information content (AvgIpc) is 2.88. The minimum absolute atomic E-state index is 0.101. The van der Waals surface area contributed by atoms with Crippen molar-refractivity contribution in [1.29, 1.82) is 0 Å². The van der Waals surface area contributed by atoms with Crippen molar-refractivity contribution >= 4 is 34.0 Å². The molecule has 0 saturated heterocycles. The molecule has 2 aromatic rings. The van der Waals surface area contributed by atoms with Gasteiger partial charge in [0.05, 0.1) is 17.2 Å². The van der Waals surface area contributed by atoms with Crippen molar-refractivity contribution < 1.29 is 19.2 Å². The molecule has 1 heterocycles. The fourth-order valence-corrected chi connectivity index (χ4v) is 2.59. The summed E-state index contributed by atoms with van der Waals surface area (Å²) in [5.74, 6) is -0.956. The molecule has 1 N–H and O–H groups in total. The van der Waals surface area contributed by atoms with Crippen molar-refractivity contribution in [2.45, 2.75) is 13.8 Å². The number of carbonyl (C=O) groups excluding carboxylic acids is 2. The van der Waals surface area contributed by atoms with E-state index in [0.717, 1.165) is 11.3 Å². The Kier molecular flexibility index (Phi) is 5.02. The molecule has 23 heavy (non-hydrogen) atoms. The number of nitro groups is 1. The van der Waals surface area contributed by atoms with Crippen LogP contribution in [-0.4, -0.2) is 28.4 Å². The zero-order valence-electron chi connectivity index (χ0n) is 12.4. The molecular weight excluding hydrogens is 322 g/mol. The molecule has 0 saturated carbocycles. The first-order chi connectivity index (χ1) is 10.9. The van der Waals surface area contributed by atoms with Crippen LogP contribution in [0, 0.1) is 17.0 Å². The first-order valence-corrected chi connectivity index (χ1v) is 7.44. The Morgan fingerprint density at radius 2 is 2.00 bits per heavy atom. The van der Waals surface area contributed by atoms with Crippen molar-refractivity contribution in [2.75, 3.05) is 11.9 Å². The number of hydrogen-bond donors (Lipinski definition) is 1. The van der Waals surface area contributed by atoms with Crippen LogP contribution in [-0.2, 0) is 4.74 Å². The molecule has 1 amide bonds. The molecule has 0 aliphatic heterocycles. The molecule has 1 aromatic heterocycles. The second kappa shape index (κ2) is 6.97. The highest BCUT2D eigenvalue weighted by Gasteiger charge is 2.18. The molecule has 0 unspecified atom stereocenters. The van der Waals surface area contributed by atoms with Gasteiger partial charge < -0.3 is 4.74 Å². The highest BCUT2D eigenvalue weighted by molar-refractivity contribution is 7.17. The minimum atomic E-state index is -0.544. The predicted octanol–water partition coefficient (Wildman–Crippen LogP) is 2.79. The molecule has 0 spiro atoms. The number of esters is 1. The summed E-state index contributed by atoms with van der Waals surface area (Å²) in [5, 5.41) is 13.4. The van der Waals surface area contributed by atoms with E-state index in [4.69, 9.17) is 4.74 Å². The van der Waals surface area contributed by atoms with E-state index in [9.17, 15) is 19.7 Å². The second-order valence-electron chi connectivity index (χ2n) is 4.41. The molecule has 0 radical (unpaired) electrons. The van der Waals surface area contributed by atoms with Crippen molar-refractivity contribution in [3.05, 3.63) is 50.5 Å². The predicted molar refractivity (Wildman–Crippen MR) is 83.9 cm³/mol. The highest BCUT2D eigenvalue weighted by Crippen LogP contribution is 2.24. The van der Waals surface area contributed by atoms with Crippen LogP contribution in [0.4, 0.5) is 10.8 Å². The van der Waals surface area contributed by atoms with Crippen LogP contribution in [0.3, 0.4) is 0 Å². The van der Waals surface area contributed by atoms with Gasteiger partial charge in [0.15, 0.2) is 5.13 Å². The summed E-state index contributed by atoms with van der Waals surface area (Å²) in [4.78, 5) is 38.3. The van der Waals surface area contributed by atoms with Gasteiger partial charge in [-0.05, 0) is 26.0 Å². The maximum absolute atomic E-state index is 12.1. The van der Waals surface area contributed by atoms with Crippen LogP contribution < -0.4 is 5.32 Å². The Balaban J connectivity index is 2.12. The number of rotatable bonds is 5. The Morgan fingerprint density at radius 3 is 2.57 bits per heavy atom. The van der Waals surface area contributed by atoms with Crippen LogP contribution >= 0.6 is 11.3 Å². The number of hydrogen-bond acceptors (Lipinski definition) is 7. The van der Waals surface area contributed by atoms with E-state index in [1.54, 1.807) is 13.8 Å². The van der Waals surface area contributed by atoms with Gasteiger partial charge >= 0.3 is 5.97 Å². The number of non-ortho nitro benzene ring substituents is 1. The van der Waals surface area contributed by atoms with Crippen molar-refractivity contribution in [2.24, 2.45) is 0 Å². The van der Waals surface area contributed by atoms with E-state index in [2.05, 4.69) is 10.3 Å². The standard InChI is InChI=1S/C14H13N3O5S/c1-3-22-13(19)11-8(2)15-14(23-11)16-12(18)9-4-6-10(7-5-9)17(20)21/h4-7H,3H2,1-2H3,(H,15,16,18). The number of anilines is 1. The summed E-state index contributed by atoms with van der Waals surface area (Å²) in [6.07, 6.45) is 0. The topological polar surface area (TPSA) is 111 Å². The Bertz CT molecular complexity index is 754. The van der Waals surface area contributed by atoms with Crippen LogP contribution in [0.2, 0.25) is 0 Å². The lowest BCUT2D eigenvalue weighted by Crippen LogP contribution is -2.11. The van der Waals surface area contributed by atoms with Crippen LogP contribution in [0.1, 0.15) is 32.6 Å². The monoisotopic (exact) mass is 335 g/mol. The normalized spacial score (nSPS) is 10.2. The number of ether oxygens (including phenoxy) is 1. The van der Waals surface area contributed by atoms with Gasteiger partial charge in [-0.3, -0.25) is 20.2 Å². The van der Waals surface area contributed by atoms with Gasteiger partial charge in [-0.2, -0.15) is 0 Å².